The van der Waals surface area contributed by atoms with E-state index >= 15 is 0 Å². The molecule has 1 heterocycles. The third kappa shape index (κ3) is 3.22. The molecule has 6 heteroatoms. The van der Waals surface area contributed by atoms with Crippen LogP contribution in [0.15, 0.2) is 0 Å². The molecule has 1 N–H and O–H groups in total. The van der Waals surface area contributed by atoms with Crippen LogP contribution in [0.1, 0.15) is 19.3 Å². The fourth-order valence-electron chi connectivity index (χ4n) is 2.85. The van der Waals surface area contributed by atoms with E-state index in [0.717, 1.165) is 32.4 Å². The van der Waals surface area contributed by atoms with Crippen LogP contribution < -0.4 is 56.7 Å². The maximum absolute atomic E-state index is 12.0. The number of rotatable bonds is 2. The molecular formula is C8H14BF3KN. The van der Waals surface area contributed by atoms with Crippen molar-refractivity contribution >= 4 is 6.98 Å². The molecule has 0 aromatic carbocycles. The van der Waals surface area contributed by atoms with Crippen LogP contribution in [-0.4, -0.2) is 20.1 Å². The summed E-state index contributed by atoms with van der Waals surface area (Å²) in [6, 6.07) is 0. The van der Waals surface area contributed by atoms with Gasteiger partial charge < -0.3 is 18.3 Å². The van der Waals surface area contributed by atoms with Crippen LogP contribution in [0.3, 0.4) is 0 Å². The first-order valence-electron chi connectivity index (χ1n) is 4.91. The molecule has 1 saturated carbocycles. The molecule has 1 nitrogen and oxygen atoms in total. The van der Waals surface area contributed by atoms with Crippen molar-refractivity contribution in [2.24, 2.45) is 11.3 Å². The number of hydrogen-bond donors (Lipinski definition) is 1. The zero-order valence-corrected chi connectivity index (χ0v) is 11.7. The number of nitrogens with one attached hydrogen (secondary N) is 1. The van der Waals surface area contributed by atoms with Gasteiger partial charge in [-0.05, 0) is 31.2 Å². The van der Waals surface area contributed by atoms with Crippen LogP contribution in [-0.2, 0) is 0 Å². The van der Waals surface area contributed by atoms with E-state index in [-0.39, 0.29) is 62.7 Å². The van der Waals surface area contributed by atoms with Crippen LogP contribution in [0.2, 0.25) is 6.32 Å². The molecular weight excluding hydrogens is 217 g/mol. The summed E-state index contributed by atoms with van der Waals surface area (Å²) >= 11 is 0. The van der Waals surface area contributed by atoms with Crippen molar-refractivity contribution in [3.05, 3.63) is 0 Å². The fourth-order valence-corrected chi connectivity index (χ4v) is 2.85. The molecule has 1 saturated heterocycles. The molecule has 0 atom stereocenters. The molecule has 1 aliphatic heterocycles. The molecule has 1 aliphatic carbocycles. The van der Waals surface area contributed by atoms with E-state index in [2.05, 4.69) is 5.32 Å². The van der Waals surface area contributed by atoms with E-state index < -0.39 is 13.3 Å². The average molecular weight is 231 g/mol. The Hall–Kier alpha value is 1.45. The standard InChI is InChI=1S/C8H14BF3N.K/c10-9(11,12)5-7-3-8(4-7)1-2-13-6-8;/h7,13H,1-6H2;/q-1;+1. The first-order valence-corrected chi connectivity index (χ1v) is 4.91. The minimum absolute atomic E-state index is 0. The minimum Gasteiger partial charge on any atom is -0.449 e. The largest absolute Gasteiger partial charge is 1.00 e. The van der Waals surface area contributed by atoms with Crippen LogP contribution in [0, 0.1) is 11.3 Å². The van der Waals surface area contributed by atoms with Gasteiger partial charge in [-0.15, -0.1) is 0 Å². The summed E-state index contributed by atoms with van der Waals surface area (Å²) in [6.07, 6.45) is 2.15. The molecule has 14 heavy (non-hydrogen) atoms. The summed E-state index contributed by atoms with van der Waals surface area (Å²) in [6.45, 7) is -2.62. The molecule has 0 radical (unpaired) electrons. The van der Waals surface area contributed by atoms with Crippen molar-refractivity contribution in [3.8, 4) is 0 Å². The molecule has 0 aromatic heterocycles. The van der Waals surface area contributed by atoms with Gasteiger partial charge in [0.05, 0.1) is 0 Å². The van der Waals surface area contributed by atoms with Gasteiger partial charge in [-0.2, -0.15) is 0 Å². The summed E-state index contributed by atoms with van der Waals surface area (Å²) < 4.78 is 36.1. The smallest absolute Gasteiger partial charge is 0.449 e. The monoisotopic (exact) mass is 231 g/mol. The quantitative estimate of drug-likeness (QED) is 0.615. The SMILES string of the molecule is F[B-](F)(F)CC1CC2(CCNC2)C1.[K+]. The fraction of sp³-hybridized carbons (Fsp3) is 1.00. The molecule has 2 fully saturated rings. The van der Waals surface area contributed by atoms with Gasteiger partial charge in [-0.3, -0.25) is 0 Å². The molecule has 1 spiro atoms. The van der Waals surface area contributed by atoms with E-state index in [9.17, 15) is 12.9 Å². The summed E-state index contributed by atoms with van der Waals surface area (Å²) in [5, 5.41) is 3.22. The maximum Gasteiger partial charge on any atom is 1.00 e. The van der Waals surface area contributed by atoms with Crippen molar-refractivity contribution in [1.29, 1.82) is 0 Å². The van der Waals surface area contributed by atoms with Crippen LogP contribution in [0.25, 0.3) is 0 Å². The molecule has 76 valence electrons. The Bertz CT molecular complexity index is 195. The predicted octanol–water partition coefficient (Wildman–Crippen LogP) is -0.772. The summed E-state index contributed by atoms with van der Waals surface area (Å²) in [5.41, 5.74) is 0.256. The summed E-state index contributed by atoms with van der Waals surface area (Å²) in [7, 11) is 0. The summed E-state index contributed by atoms with van der Waals surface area (Å²) in [5.74, 6) is -0.0695. The van der Waals surface area contributed by atoms with Gasteiger partial charge in [0.2, 0.25) is 0 Å². The van der Waals surface area contributed by atoms with Crippen LogP contribution >= 0.6 is 0 Å². The Morgan fingerprint density at radius 3 is 2.36 bits per heavy atom. The summed E-state index contributed by atoms with van der Waals surface area (Å²) in [4.78, 5) is 0. The topological polar surface area (TPSA) is 12.0 Å². The second-order valence-corrected chi connectivity index (χ2v) is 4.65. The second kappa shape index (κ2) is 4.75. The van der Waals surface area contributed by atoms with Gasteiger partial charge in [0, 0.05) is 6.54 Å². The van der Waals surface area contributed by atoms with Gasteiger partial charge >= 0.3 is 58.4 Å². The van der Waals surface area contributed by atoms with Gasteiger partial charge in [-0.25, -0.2) is 0 Å². The number of hydrogen-bond acceptors (Lipinski definition) is 1. The normalized spacial score (nSPS) is 36.6. The molecule has 0 aromatic rings. The van der Waals surface area contributed by atoms with Gasteiger partial charge in [0.1, 0.15) is 0 Å². The van der Waals surface area contributed by atoms with Crippen molar-refractivity contribution < 1.29 is 64.3 Å². The molecule has 2 aliphatic rings. The molecule has 2 rings (SSSR count). The van der Waals surface area contributed by atoms with E-state index in [0.29, 0.717) is 0 Å². The van der Waals surface area contributed by atoms with Crippen molar-refractivity contribution in [1.82, 2.24) is 5.32 Å². The minimum atomic E-state index is -4.55. The van der Waals surface area contributed by atoms with E-state index in [4.69, 9.17) is 0 Å². The third-order valence-electron chi connectivity index (χ3n) is 3.38. The third-order valence-corrected chi connectivity index (χ3v) is 3.38. The van der Waals surface area contributed by atoms with Crippen LogP contribution in [0.5, 0.6) is 0 Å². The van der Waals surface area contributed by atoms with Gasteiger partial charge in [-0.1, -0.05) is 12.2 Å². The van der Waals surface area contributed by atoms with Crippen LogP contribution in [0.4, 0.5) is 12.9 Å². The second-order valence-electron chi connectivity index (χ2n) is 4.65. The number of halogens is 3. The van der Waals surface area contributed by atoms with E-state index in [1.54, 1.807) is 0 Å². The van der Waals surface area contributed by atoms with E-state index in [1.165, 1.54) is 0 Å². The Morgan fingerprint density at radius 1 is 1.29 bits per heavy atom. The Balaban J connectivity index is 0.000000980. The van der Waals surface area contributed by atoms with Crippen molar-refractivity contribution in [3.63, 3.8) is 0 Å². The Labute approximate surface area is 125 Å². The molecule has 0 unspecified atom stereocenters. The van der Waals surface area contributed by atoms with E-state index in [1.807, 2.05) is 0 Å². The Kier molecular flexibility index (Phi) is 4.59. The maximum atomic E-state index is 12.0. The molecule has 0 amide bonds. The average Bonchev–Trinajstić information content (AvgIpc) is 2.30. The first-order chi connectivity index (χ1) is 5.99. The zero-order chi connectivity index (χ0) is 9.53. The van der Waals surface area contributed by atoms with Crippen molar-refractivity contribution in [2.45, 2.75) is 25.6 Å². The van der Waals surface area contributed by atoms with Crippen molar-refractivity contribution in [2.75, 3.05) is 13.1 Å². The predicted molar refractivity (Wildman–Crippen MR) is 46.5 cm³/mol. The van der Waals surface area contributed by atoms with Gasteiger partial charge in [0.15, 0.2) is 0 Å². The first kappa shape index (κ1) is 13.5. The van der Waals surface area contributed by atoms with Gasteiger partial charge in [0.25, 0.3) is 0 Å². The Morgan fingerprint density at radius 2 is 1.93 bits per heavy atom. The zero-order valence-electron chi connectivity index (χ0n) is 8.53. The molecule has 0 bridgehead atoms.